The monoisotopic (exact) mass is 414 g/mol. The number of nitrogens with zero attached hydrogens (tertiary/aromatic N) is 1. The number of benzene rings is 1. The number of sulfone groups is 1. The molecule has 1 aromatic carbocycles. The van der Waals surface area contributed by atoms with Gasteiger partial charge in [0, 0.05) is 16.4 Å². The fourth-order valence-electron chi connectivity index (χ4n) is 2.12. The summed E-state index contributed by atoms with van der Waals surface area (Å²) in [5.41, 5.74) is 7.32. The first-order valence-electron chi connectivity index (χ1n) is 8.03. The van der Waals surface area contributed by atoms with Crippen molar-refractivity contribution in [2.75, 3.05) is 0 Å². The van der Waals surface area contributed by atoms with Crippen molar-refractivity contribution in [3.63, 3.8) is 0 Å². The van der Waals surface area contributed by atoms with E-state index in [9.17, 15) is 13.2 Å². The van der Waals surface area contributed by atoms with Crippen molar-refractivity contribution in [2.24, 2.45) is 5.73 Å². The number of hydrogen-bond acceptors (Lipinski definition) is 5. The predicted molar refractivity (Wildman–Crippen MR) is 107 cm³/mol. The first-order valence-corrected chi connectivity index (χ1v) is 10.9. The van der Waals surface area contributed by atoms with Gasteiger partial charge in [-0.2, -0.15) is 0 Å². The van der Waals surface area contributed by atoms with Crippen molar-refractivity contribution in [1.29, 1.82) is 0 Å². The zero-order chi connectivity index (χ0) is 19.9. The van der Waals surface area contributed by atoms with Gasteiger partial charge < -0.3 is 5.73 Å². The third kappa shape index (κ3) is 4.10. The number of thiazole rings is 1. The van der Waals surface area contributed by atoms with Gasteiger partial charge in [0.05, 0.1) is 16.5 Å². The highest BCUT2D eigenvalue weighted by Gasteiger charge is 2.40. The highest BCUT2D eigenvalue weighted by molar-refractivity contribution is 7.92. The number of rotatable bonds is 5. The van der Waals surface area contributed by atoms with Crippen molar-refractivity contribution >= 4 is 38.7 Å². The van der Waals surface area contributed by atoms with Crippen molar-refractivity contribution in [2.45, 2.75) is 50.5 Å². The van der Waals surface area contributed by atoms with Crippen molar-refractivity contribution in [3.8, 4) is 10.6 Å². The second-order valence-electron chi connectivity index (χ2n) is 7.74. The van der Waals surface area contributed by atoms with Gasteiger partial charge in [-0.3, -0.25) is 4.79 Å². The van der Waals surface area contributed by atoms with Crippen molar-refractivity contribution < 1.29 is 13.2 Å². The highest BCUT2D eigenvalue weighted by Crippen LogP contribution is 2.35. The summed E-state index contributed by atoms with van der Waals surface area (Å²) < 4.78 is 23.5. The lowest BCUT2D eigenvalue weighted by Gasteiger charge is -2.21. The van der Waals surface area contributed by atoms with Crippen LogP contribution in [0.25, 0.3) is 10.6 Å². The summed E-state index contributed by atoms with van der Waals surface area (Å²) in [6.45, 7) is 8.85. The molecule has 0 aliphatic rings. The fourth-order valence-corrected chi connectivity index (χ4v) is 4.75. The number of halogens is 1. The topological polar surface area (TPSA) is 90.1 Å². The normalized spacial score (nSPS) is 13.0. The molecule has 0 aliphatic carbocycles. The molecule has 1 amide bonds. The van der Waals surface area contributed by atoms with Gasteiger partial charge >= 0.3 is 0 Å². The van der Waals surface area contributed by atoms with Crippen molar-refractivity contribution in [3.05, 3.63) is 39.9 Å². The maximum Gasteiger partial charge on any atom is 0.238 e. The van der Waals surface area contributed by atoms with Crippen LogP contribution < -0.4 is 5.73 Å². The summed E-state index contributed by atoms with van der Waals surface area (Å²) in [6.07, 6.45) is 0. The molecule has 0 radical (unpaired) electrons. The summed E-state index contributed by atoms with van der Waals surface area (Å²) in [4.78, 5) is 16.1. The minimum Gasteiger partial charge on any atom is -0.368 e. The number of aromatic nitrogens is 1. The molecular formula is C18H23ClN2O3S2. The molecule has 5 nitrogen and oxygen atoms in total. The summed E-state index contributed by atoms with van der Waals surface area (Å²) in [6, 6.07) is 5.00. The second-order valence-corrected chi connectivity index (χ2v) is 11.5. The summed E-state index contributed by atoms with van der Waals surface area (Å²) in [7, 11) is -3.78. The third-order valence-electron chi connectivity index (χ3n) is 4.26. The van der Waals surface area contributed by atoms with Gasteiger partial charge in [0.1, 0.15) is 9.75 Å². The highest BCUT2D eigenvalue weighted by atomic mass is 35.5. The minimum absolute atomic E-state index is 0.0896. The van der Waals surface area contributed by atoms with Gasteiger partial charge in [0.2, 0.25) is 5.91 Å². The van der Waals surface area contributed by atoms with Crippen LogP contribution in [0.1, 0.15) is 45.9 Å². The lowest BCUT2D eigenvalue weighted by atomic mass is 9.93. The molecule has 1 aromatic heterocycles. The second kappa shape index (κ2) is 6.94. The maximum atomic E-state index is 12.6. The third-order valence-corrected chi connectivity index (χ3v) is 7.94. The Hall–Kier alpha value is -1.44. The average Bonchev–Trinajstić information content (AvgIpc) is 2.98. The predicted octanol–water partition coefficient (Wildman–Crippen LogP) is 3.94. The Morgan fingerprint density at radius 1 is 1.23 bits per heavy atom. The Bertz CT molecular complexity index is 942. The summed E-state index contributed by atoms with van der Waals surface area (Å²) >= 11 is 7.77. The van der Waals surface area contributed by atoms with E-state index in [-0.39, 0.29) is 11.2 Å². The smallest absolute Gasteiger partial charge is 0.238 e. The van der Waals surface area contributed by atoms with Crippen LogP contribution in [0.5, 0.6) is 0 Å². The first kappa shape index (κ1) is 20.9. The van der Waals surface area contributed by atoms with Gasteiger partial charge in [-0.05, 0) is 31.5 Å². The number of carbonyl (C=O) groups is 1. The molecule has 2 N–H and O–H groups in total. The van der Waals surface area contributed by atoms with E-state index in [4.69, 9.17) is 17.3 Å². The lowest BCUT2D eigenvalue weighted by Crippen LogP contribution is -2.45. The number of hydrogen-bond donors (Lipinski definition) is 1. The van der Waals surface area contributed by atoms with E-state index in [1.807, 2.05) is 5.38 Å². The molecule has 0 saturated heterocycles. The van der Waals surface area contributed by atoms with E-state index < -0.39 is 20.5 Å². The molecule has 0 atom stereocenters. The van der Waals surface area contributed by atoms with Crippen LogP contribution in [0.4, 0.5) is 0 Å². The number of carbonyl (C=O) groups excluding carboxylic acids is 1. The SMILES string of the molecule is CC(C)(C)c1csc(-c2cc(CS(=O)(=O)C(C)(C)C(N)=O)ccc2Cl)n1. The fraction of sp³-hybridized carbons (Fsp3) is 0.444. The van der Waals surface area contributed by atoms with Crippen LogP contribution in [0.2, 0.25) is 5.02 Å². The number of nitrogens with two attached hydrogens (primary N) is 1. The molecule has 26 heavy (non-hydrogen) atoms. The van der Waals surface area contributed by atoms with Crippen LogP contribution in [0.3, 0.4) is 0 Å². The maximum absolute atomic E-state index is 12.6. The molecule has 0 spiro atoms. The Labute approximate surface area is 163 Å². The Balaban J connectivity index is 2.42. The summed E-state index contributed by atoms with van der Waals surface area (Å²) in [5, 5.41) is 3.20. The number of primary amides is 1. The van der Waals surface area contributed by atoms with Crippen LogP contribution >= 0.6 is 22.9 Å². The van der Waals surface area contributed by atoms with Crippen LogP contribution in [-0.4, -0.2) is 24.1 Å². The first-order chi connectivity index (χ1) is 11.8. The summed E-state index contributed by atoms with van der Waals surface area (Å²) in [5.74, 6) is -1.17. The van der Waals surface area contributed by atoms with Crippen LogP contribution in [-0.2, 0) is 25.8 Å². The lowest BCUT2D eigenvalue weighted by molar-refractivity contribution is -0.119. The van der Waals surface area contributed by atoms with Gasteiger partial charge in [-0.15, -0.1) is 11.3 Å². The zero-order valence-electron chi connectivity index (χ0n) is 15.5. The molecular weight excluding hydrogens is 392 g/mol. The Morgan fingerprint density at radius 2 is 1.85 bits per heavy atom. The molecule has 0 fully saturated rings. The largest absolute Gasteiger partial charge is 0.368 e. The average molecular weight is 415 g/mol. The molecule has 0 bridgehead atoms. The van der Waals surface area contributed by atoms with E-state index in [1.165, 1.54) is 25.2 Å². The minimum atomic E-state index is -3.78. The van der Waals surface area contributed by atoms with E-state index in [1.54, 1.807) is 18.2 Å². The van der Waals surface area contributed by atoms with Crippen LogP contribution in [0.15, 0.2) is 23.6 Å². The van der Waals surface area contributed by atoms with E-state index in [0.717, 1.165) is 10.7 Å². The van der Waals surface area contributed by atoms with Gasteiger partial charge in [0.15, 0.2) is 9.84 Å². The zero-order valence-corrected chi connectivity index (χ0v) is 17.8. The molecule has 8 heteroatoms. The molecule has 0 aliphatic heterocycles. The molecule has 0 unspecified atom stereocenters. The molecule has 2 rings (SSSR count). The Kier molecular flexibility index (Phi) is 5.57. The van der Waals surface area contributed by atoms with Crippen LogP contribution in [0, 0.1) is 0 Å². The molecule has 142 valence electrons. The Morgan fingerprint density at radius 3 is 2.35 bits per heavy atom. The van der Waals surface area contributed by atoms with Gasteiger partial charge in [0.25, 0.3) is 0 Å². The molecule has 1 heterocycles. The van der Waals surface area contributed by atoms with Gasteiger partial charge in [-0.1, -0.05) is 38.4 Å². The van der Waals surface area contributed by atoms with E-state index in [2.05, 4.69) is 25.8 Å². The van der Waals surface area contributed by atoms with E-state index >= 15 is 0 Å². The van der Waals surface area contributed by atoms with Gasteiger partial charge in [-0.25, -0.2) is 13.4 Å². The molecule has 0 saturated carbocycles. The quantitative estimate of drug-likeness (QED) is 0.802. The van der Waals surface area contributed by atoms with Crippen molar-refractivity contribution in [1.82, 2.24) is 4.98 Å². The van der Waals surface area contributed by atoms with E-state index in [0.29, 0.717) is 16.1 Å². The number of amides is 1. The standard InChI is InChI=1S/C18H23ClN2O3S2/c1-17(2,3)14-9-25-15(21-14)12-8-11(6-7-13(12)19)10-26(23,24)18(4,5)16(20)22/h6-9H,10H2,1-5H3,(H2,20,22). The molecule has 2 aromatic rings.